The van der Waals surface area contributed by atoms with Gasteiger partial charge in [0.25, 0.3) is 0 Å². The molecule has 162 valence electrons. The first-order chi connectivity index (χ1) is 15.5. The van der Waals surface area contributed by atoms with Crippen molar-refractivity contribution in [1.29, 1.82) is 0 Å². The van der Waals surface area contributed by atoms with Crippen molar-refractivity contribution in [3.05, 3.63) is 94.5 Å². The number of benzene rings is 3. The maximum absolute atomic E-state index is 12.2. The van der Waals surface area contributed by atoms with Gasteiger partial charge in [0.1, 0.15) is 5.75 Å². The van der Waals surface area contributed by atoms with Crippen molar-refractivity contribution < 1.29 is 19.1 Å². The smallest absolute Gasteiger partial charge is 0.343 e. The Bertz CT molecular complexity index is 1180. The Kier molecular flexibility index (Phi) is 7.72. The molecule has 32 heavy (non-hydrogen) atoms. The third-order valence-corrected chi connectivity index (χ3v) is 4.60. The molecule has 0 aliphatic rings. The van der Waals surface area contributed by atoms with Gasteiger partial charge in [0.05, 0.1) is 11.8 Å². The van der Waals surface area contributed by atoms with Crippen LogP contribution >= 0.6 is 11.6 Å². The lowest BCUT2D eigenvalue weighted by Gasteiger charge is -2.08. The van der Waals surface area contributed by atoms with E-state index in [4.69, 9.17) is 16.3 Å². The zero-order valence-electron chi connectivity index (χ0n) is 17.2. The van der Waals surface area contributed by atoms with E-state index >= 15 is 0 Å². The number of carbonyl (C=O) groups is 3. The lowest BCUT2D eigenvalue weighted by Crippen LogP contribution is -2.32. The first-order valence-electron chi connectivity index (χ1n) is 9.76. The standard InChI is InChI=1S/C24H20ClN3O4/c1-2-17-8-3-4-12-21(17)27-22(29)23(30)28-26-15-16-7-5-11-20(13-16)32-24(31)18-9-6-10-19(25)14-18/h3-15H,2H2,1H3,(H,27,29)(H,28,30). The van der Waals surface area contributed by atoms with Gasteiger partial charge in [0.2, 0.25) is 0 Å². The number of ether oxygens (including phenoxy) is 1. The van der Waals surface area contributed by atoms with Gasteiger partial charge in [-0.1, -0.05) is 54.9 Å². The molecule has 0 aliphatic carbocycles. The number of esters is 1. The van der Waals surface area contributed by atoms with Crippen molar-refractivity contribution in [3.8, 4) is 5.75 Å². The second-order valence-electron chi connectivity index (χ2n) is 6.64. The van der Waals surface area contributed by atoms with Crippen LogP contribution in [0.3, 0.4) is 0 Å². The molecule has 0 atom stereocenters. The summed E-state index contributed by atoms with van der Waals surface area (Å²) in [4.78, 5) is 36.3. The van der Waals surface area contributed by atoms with Gasteiger partial charge >= 0.3 is 17.8 Å². The average Bonchev–Trinajstić information content (AvgIpc) is 2.79. The van der Waals surface area contributed by atoms with Gasteiger partial charge in [-0.15, -0.1) is 0 Å². The van der Waals surface area contributed by atoms with Crippen LogP contribution in [0.1, 0.15) is 28.4 Å². The summed E-state index contributed by atoms with van der Waals surface area (Å²) in [6, 6.07) is 20.2. The molecule has 0 bridgehead atoms. The average molecular weight is 450 g/mol. The van der Waals surface area contributed by atoms with E-state index in [-0.39, 0.29) is 0 Å². The van der Waals surface area contributed by atoms with Crippen molar-refractivity contribution in [2.24, 2.45) is 5.10 Å². The van der Waals surface area contributed by atoms with Gasteiger partial charge in [0.15, 0.2) is 0 Å². The molecule has 3 aromatic carbocycles. The number of aryl methyl sites for hydroxylation is 1. The van der Waals surface area contributed by atoms with Crippen molar-refractivity contribution in [2.75, 3.05) is 5.32 Å². The van der Waals surface area contributed by atoms with Crippen LogP contribution in [0.15, 0.2) is 77.9 Å². The molecule has 2 amide bonds. The molecule has 0 spiro atoms. The molecule has 0 radical (unpaired) electrons. The number of amides is 2. The van der Waals surface area contributed by atoms with Crippen molar-refractivity contribution in [1.82, 2.24) is 5.43 Å². The minimum absolute atomic E-state index is 0.291. The minimum atomic E-state index is -0.907. The van der Waals surface area contributed by atoms with Gasteiger partial charge in [-0.05, 0) is 53.9 Å². The van der Waals surface area contributed by atoms with E-state index in [1.165, 1.54) is 12.3 Å². The minimum Gasteiger partial charge on any atom is -0.423 e. The Morgan fingerprint density at radius 2 is 1.75 bits per heavy atom. The molecule has 0 fully saturated rings. The molecule has 2 N–H and O–H groups in total. The molecule has 0 aliphatic heterocycles. The number of hydrogen-bond acceptors (Lipinski definition) is 5. The number of rotatable bonds is 6. The van der Waals surface area contributed by atoms with Crippen molar-refractivity contribution in [3.63, 3.8) is 0 Å². The number of halogens is 1. The highest BCUT2D eigenvalue weighted by molar-refractivity contribution is 6.39. The van der Waals surface area contributed by atoms with Crippen LogP contribution in [0, 0.1) is 0 Å². The number of carbonyl (C=O) groups excluding carboxylic acids is 3. The summed E-state index contributed by atoms with van der Waals surface area (Å²) in [6.45, 7) is 1.95. The number of hydrogen-bond donors (Lipinski definition) is 2. The number of nitrogens with zero attached hydrogens (tertiary/aromatic N) is 1. The third-order valence-electron chi connectivity index (χ3n) is 4.36. The Balaban J connectivity index is 1.58. The first-order valence-corrected chi connectivity index (χ1v) is 10.1. The van der Waals surface area contributed by atoms with Crippen LogP contribution in [0.2, 0.25) is 5.02 Å². The van der Waals surface area contributed by atoms with E-state index < -0.39 is 17.8 Å². The van der Waals surface area contributed by atoms with Crippen LogP contribution in [-0.4, -0.2) is 24.0 Å². The lowest BCUT2D eigenvalue weighted by atomic mass is 10.1. The van der Waals surface area contributed by atoms with Gasteiger partial charge in [-0.3, -0.25) is 9.59 Å². The largest absolute Gasteiger partial charge is 0.423 e. The Morgan fingerprint density at radius 3 is 2.53 bits per heavy atom. The van der Waals surface area contributed by atoms with Crippen molar-refractivity contribution >= 4 is 41.3 Å². The summed E-state index contributed by atoms with van der Waals surface area (Å²) in [5.74, 6) is -2.00. The van der Waals surface area contributed by atoms with Crippen LogP contribution in [0.25, 0.3) is 0 Å². The molecule has 0 saturated heterocycles. The molecule has 3 aromatic rings. The maximum Gasteiger partial charge on any atom is 0.343 e. The van der Waals surface area contributed by atoms with Crippen LogP contribution < -0.4 is 15.5 Å². The summed E-state index contributed by atoms with van der Waals surface area (Å²) >= 11 is 5.89. The van der Waals surface area contributed by atoms with E-state index in [2.05, 4.69) is 15.8 Å². The predicted molar refractivity (Wildman–Crippen MR) is 123 cm³/mol. The van der Waals surface area contributed by atoms with Crippen LogP contribution in [-0.2, 0) is 16.0 Å². The second-order valence-corrected chi connectivity index (χ2v) is 7.07. The highest BCUT2D eigenvalue weighted by atomic mass is 35.5. The van der Waals surface area contributed by atoms with Crippen molar-refractivity contribution in [2.45, 2.75) is 13.3 Å². The zero-order valence-corrected chi connectivity index (χ0v) is 17.9. The number of anilines is 1. The second kappa shape index (κ2) is 10.9. The third kappa shape index (κ3) is 6.26. The van der Waals surface area contributed by atoms with E-state index in [1.807, 2.05) is 19.1 Å². The van der Waals surface area contributed by atoms with Crippen LogP contribution in [0.5, 0.6) is 5.75 Å². The summed E-state index contributed by atoms with van der Waals surface area (Å²) in [6.07, 6.45) is 2.05. The summed E-state index contributed by atoms with van der Waals surface area (Å²) in [5.41, 5.74) is 4.55. The fourth-order valence-electron chi connectivity index (χ4n) is 2.79. The topological polar surface area (TPSA) is 96.9 Å². The normalized spacial score (nSPS) is 10.6. The van der Waals surface area contributed by atoms with E-state index in [1.54, 1.807) is 54.6 Å². The molecule has 0 heterocycles. The highest BCUT2D eigenvalue weighted by Crippen LogP contribution is 2.17. The SMILES string of the molecule is CCc1ccccc1NC(=O)C(=O)NN=Cc1cccc(OC(=O)c2cccc(Cl)c2)c1. The molecular weight excluding hydrogens is 430 g/mol. The number of hydrazone groups is 1. The Morgan fingerprint density at radius 1 is 0.969 bits per heavy atom. The lowest BCUT2D eigenvalue weighted by molar-refractivity contribution is -0.136. The highest BCUT2D eigenvalue weighted by Gasteiger charge is 2.14. The van der Waals surface area contributed by atoms with E-state index in [0.717, 1.165) is 5.56 Å². The summed E-state index contributed by atoms with van der Waals surface area (Å²) in [5, 5.41) is 6.79. The van der Waals surface area contributed by atoms with Gasteiger partial charge in [0, 0.05) is 10.7 Å². The molecule has 0 unspecified atom stereocenters. The first kappa shape index (κ1) is 22.7. The molecule has 8 heteroatoms. The molecule has 3 rings (SSSR count). The molecular formula is C24H20ClN3O4. The summed E-state index contributed by atoms with van der Waals surface area (Å²) in [7, 11) is 0. The molecule has 7 nitrogen and oxygen atoms in total. The van der Waals surface area contributed by atoms with Gasteiger partial charge in [-0.2, -0.15) is 5.10 Å². The Hall–Kier alpha value is -3.97. The quantitative estimate of drug-likeness (QED) is 0.194. The van der Waals surface area contributed by atoms with Crippen LogP contribution in [0.4, 0.5) is 5.69 Å². The molecule has 0 saturated carbocycles. The van der Waals surface area contributed by atoms with Gasteiger partial charge in [-0.25, -0.2) is 10.2 Å². The molecule has 0 aromatic heterocycles. The van der Waals surface area contributed by atoms with E-state index in [9.17, 15) is 14.4 Å². The fourth-order valence-corrected chi connectivity index (χ4v) is 2.98. The summed E-state index contributed by atoms with van der Waals surface area (Å²) < 4.78 is 5.34. The monoisotopic (exact) mass is 449 g/mol. The zero-order chi connectivity index (χ0) is 22.9. The number of nitrogens with one attached hydrogen (secondary N) is 2. The maximum atomic E-state index is 12.2. The number of para-hydroxylation sites is 1. The van der Waals surface area contributed by atoms with Gasteiger partial charge < -0.3 is 10.1 Å². The predicted octanol–water partition coefficient (Wildman–Crippen LogP) is 4.21. The van der Waals surface area contributed by atoms with E-state index in [0.29, 0.717) is 34.0 Å². The Labute approximate surface area is 190 Å². The fraction of sp³-hybridized carbons (Fsp3) is 0.0833.